The van der Waals surface area contributed by atoms with Crippen LogP contribution in [0.4, 0.5) is 10.1 Å². The fourth-order valence-electron chi connectivity index (χ4n) is 1.70. The minimum Gasteiger partial charge on any atom is -0.393 e. The van der Waals surface area contributed by atoms with E-state index in [4.69, 9.17) is 18.0 Å². The molecule has 0 saturated heterocycles. The lowest BCUT2D eigenvalue weighted by Gasteiger charge is -2.21. The van der Waals surface area contributed by atoms with Gasteiger partial charge >= 0.3 is 0 Å². The number of halogens is 1. The number of hydrogen-bond donors (Lipinski definition) is 1. The van der Waals surface area contributed by atoms with E-state index in [1.807, 2.05) is 18.0 Å². The van der Waals surface area contributed by atoms with Gasteiger partial charge in [0.2, 0.25) is 5.91 Å². The Morgan fingerprint density at radius 3 is 2.60 bits per heavy atom. The Labute approximate surface area is 124 Å². The van der Waals surface area contributed by atoms with Crippen LogP contribution in [0.3, 0.4) is 0 Å². The van der Waals surface area contributed by atoms with E-state index in [1.165, 1.54) is 12.1 Å². The highest BCUT2D eigenvalue weighted by molar-refractivity contribution is 7.80. The summed E-state index contributed by atoms with van der Waals surface area (Å²) in [6.45, 7) is 1.05. The standard InChI is InChI=1S/C14H20FN3OS/c1-17(12-5-3-4-11(15)10-12)9-7-14(19)18(2)8-6-13(16)20/h3-5,10H,6-9H2,1-2H3,(H2,16,20). The zero-order valence-corrected chi connectivity index (χ0v) is 12.6. The number of hydrogen-bond acceptors (Lipinski definition) is 3. The topological polar surface area (TPSA) is 49.6 Å². The number of nitrogens with two attached hydrogens (primary N) is 1. The number of rotatable bonds is 7. The summed E-state index contributed by atoms with van der Waals surface area (Å²) in [5.41, 5.74) is 6.16. The van der Waals surface area contributed by atoms with Crippen molar-refractivity contribution in [2.75, 3.05) is 32.1 Å². The van der Waals surface area contributed by atoms with Crippen molar-refractivity contribution in [2.45, 2.75) is 12.8 Å². The van der Waals surface area contributed by atoms with E-state index >= 15 is 0 Å². The lowest BCUT2D eigenvalue weighted by Crippen LogP contribution is -2.32. The summed E-state index contributed by atoms with van der Waals surface area (Å²) in [4.78, 5) is 15.8. The second-order valence-electron chi connectivity index (χ2n) is 4.68. The molecule has 110 valence electrons. The van der Waals surface area contributed by atoms with Gasteiger partial charge in [0.25, 0.3) is 0 Å². The van der Waals surface area contributed by atoms with Crippen molar-refractivity contribution in [2.24, 2.45) is 5.73 Å². The first kappa shape index (κ1) is 16.4. The molecule has 0 saturated carbocycles. The molecule has 1 aromatic rings. The van der Waals surface area contributed by atoms with E-state index in [1.54, 1.807) is 18.0 Å². The summed E-state index contributed by atoms with van der Waals surface area (Å²) >= 11 is 4.78. The molecular weight excluding hydrogens is 277 g/mol. The third-order valence-electron chi connectivity index (χ3n) is 3.03. The number of anilines is 1. The molecule has 0 heterocycles. The highest BCUT2D eigenvalue weighted by Gasteiger charge is 2.10. The van der Waals surface area contributed by atoms with E-state index in [-0.39, 0.29) is 11.7 Å². The molecule has 0 radical (unpaired) electrons. The number of benzene rings is 1. The molecule has 1 rings (SSSR count). The van der Waals surface area contributed by atoms with Crippen LogP contribution in [0.5, 0.6) is 0 Å². The molecule has 1 amide bonds. The predicted molar refractivity (Wildman–Crippen MR) is 83.3 cm³/mol. The van der Waals surface area contributed by atoms with Gasteiger partial charge in [-0.25, -0.2) is 4.39 Å². The molecule has 2 N–H and O–H groups in total. The van der Waals surface area contributed by atoms with E-state index in [0.717, 1.165) is 5.69 Å². The number of carbonyl (C=O) groups is 1. The molecular formula is C14H20FN3OS. The molecule has 0 atom stereocenters. The molecule has 0 aromatic heterocycles. The fourth-order valence-corrected chi connectivity index (χ4v) is 1.79. The largest absolute Gasteiger partial charge is 0.393 e. The SMILES string of the molecule is CN(CCC(N)=S)C(=O)CCN(C)c1cccc(F)c1. The summed E-state index contributed by atoms with van der Waals surface area (Å²) < 4.78 is 13.1. The molecule has 0 fully saturated rings. The maximum absolute atomic E-state index is 13.1. The zero-order chi connectivity index (χ0) is 15.1. The van der Waals surface area contributed by atoms with Gasteiger partial charge in [-0.3, -0.25) is 4.79 Å². The average Bonchev–Trinajstić information content (AvgIpc) is 2.41. The maximum Gasteiger partial charge on any atom is 0.224 e. The number of amides is 1. The van der Waals surface area contributed by atoms with Crippen LogP contribution in [0.15, 0.2) is 24.3 Å². The molecule has 4 nitrogen and oxygen atoms in total. The van der Waals surface area contributed by atoms with Crippen LogP contribution < -0.4 is 10.6 Å². The summed E-state index contributed by atoms with van der Waals surface area (Å²) in [6, 6.07) is 6.30. The number of nitrogens with zero attached hydrogens (tertiary/aromatic N) is 2. The van der Waals surface area contributed by atoms with Gasteiger partial charge in [0.1, 0.15) is 5.82 Å². The molecule has 6 heteroatoms. The highest BCUT2D eigenvalue weighted by atomic mass is 32.1. The minimum atomic E-state index is -0.283. The Bertz CT molecular complexity index is 481. The van der Waals surface area contributed by atoms with Crippen molar-refractivity contribution in [3.8, 4) is 0 Å². The van der Waals surface area contributed by atoms with Gasteiger partial charge in [0.15, 0.2) is 0 Å². The number of carbonyl (C=O) groups excluding carboxylic acids is 1. The van der Waals surface area contributed by atoms with Crippen LogP contribution in [-0.4, -0.2) is 43.0 Å². The Balaban J connectivity index is 2.42. The van der Waals surface area contributed by atoms with Gasteiger partial charge in [-0.15, -0.1) is 0 Å². The predicted octanol–water partition coefficient (Wildman–Crippen LogP) is 1.79. The normalized spacial score (nSPS) is 10.2. The smallest absolute Gasteiger partial charge is 0.224 e. The second kappa shape index (κ2) is 7.79. The van der Waals surface area contributed by atoms with Crippen molar-refractivity contribution in [3.63, 3.8) is 0 Å². The molecule has 0 bridgehead atoms. The average molecular weight is 297 g/mol. The van der Waals surface area contributed by atoms with Gasteiger partial charge in [-0.2, -0.15) is 0 Å². The van der Waals surface area contributed by atoms with E-state index in [0.29, 0.717) is 30.9 Å². The van der Waals surface area contributed by atoms with Crippen molar-refractivity contribution in [1.29, 1.82) is 0 Å². The summed E-state index contributed by atoms with van der Waals surface area (Å²) in [5.74, 6) is -0.265. The Hall–Kier alpha value is -1.69. The van der Waals surface area contributed by atoms with E-state index in [2.05, 4.69) is 0 Å². The highest BCUT2D eigenvalue weighted by Crippen LogP contribution is 2.14. The van der Waals surface area contributed by atoms with Crippen molar-refractivity contribution < 1.29 is 9.18 Å². The van der Waals surface area contributed by atoms with Crippen LogP contribution in [0.2, 0.25) is 0 Å². The number of thiocarbonyl (C=S) groups is 1. The van der Waals surface area contributed by atoms with Crippen LogP contribution in [0.25, 0.3) is 0 Å². The van der Waals surface area contributed by atoms with Gasteiger partial charge in [-0.1, -0.05) is 18.3 Å². The first-order valence-electron chi connectivity index (χ1n) is 6.39. The third-order valence-corrected chi connectivity index (χ3v) is 3.23. The van der Waals surface area contributed by atoms with Gasteiger partial charge in [0.05, 0.1) is 4.99 Å². The van der Waals surface area contributed by atoms with Gasteiger partial charge < -0.3 is 15.5 Å². The molecule has 0 aliphatic carbocycles. The van der Waals surface area contributed by atoms with Crippen molar-refractivity contribution >= 4 is 28.8 Å². The van der Waals surface area contributed by atoms with Gasteiger partial charge in [-0.05, 0) is 18.2 Å². The van der Waals surface area contributed by atoms with Crippen molar-refractivity contribution in [3.05, 3.63) is 30.1 Å². The molecule has 0 unspecified atom stereocenters. The molecule has 0 spiro atoms. The third kappa shape index (κ3) is 5.52. The lowest BCUT2D eigenvalue weighted by molar-refractivity contribution is -0.129. The maximum atomic E-state index is 13.1. The Morgan fingerprint density at radius 2 is 2.00 bits per heavy atom. The molecule has 20 heavy (non-hydrogen) atoms. The van der Waals surface area contributed by atoms with E-state index < -0.39 is 0 Å². The summed E-state index contributed by atoms with van der Waals surface area (Å²) in [7, 11) is 3.56. The first-order chi connectivity index (χ1) is 9.40. The molecule has 0 aliphatic heterocycles. The second-order valence-corrected chi connectivity index (χ2v) is 5.21. The minimum absolute atomic E-state index is 0.0181. The Morgan fingerprint density at radius 1 is 1.30 bits per heavy atom. The summed E-state index contributed by atoms with van der Waals surface area (Å²) in [5, 5.41) is 0. The lowest BCUT2D eigenvalue weighted by atomic mass is 10.2. The monoisotopic (exact) mass is 297 g/mol. The van der Waals surface area contributed by atoms with Crippen LogP contribution in [0, 0.1) is 5.82 Å². The quantitative estimate of drug-likeness (QED) is 0.780. The zero-order valence-electron chi connectivity index (χ0n) is 11.8. The van der Waals surface area contributed by atoms with Crippen LogP contribution in [-0.2, 0) is 4.79 Å². The van der Waals surface area contributed by atoms with Crippen LogP contribution in [0.1, 0.15) is 12.8 Å². The fraction of sp³-hybridized carbons (Fsp3) is 0.429. The van der Waals surface area contributed by atoms with Crippen molar-refractivity contribution in [1.82, 2.24) is 4.90 Å². The Kier molecular flexibility index (Phi) is 6.38. The van der Waals surface area contributed by atoms with Gasteiger partial charge in [0, 0.05) is 45.7 Å². The molecule has 1 aromatic carbocycles. The first-order valence-corrected chi connectivity index (χ1v) is 6.80. The summed E-state index contributed by atoms with van der Waals surface area (Å²) in [6.07, 6.45) is 0.887. The van der Waals surface area contributed by atoms with E-state index in [9.17, 15) is 9.18 Å². The van der Waals surface area contributed by atoms with Crippen LogP contribution >= 0.6 is 12.2 Å². The molecule has 0 aliphatic rings.